The Kier molecular flexibility index (Phi) is 19.0. The van der Waals surface area contributed by atoms with E-state index in [0.29, 0.717) is 5.69 Å². The average Bonchev–Trinajstić information content (AvgIpc) is 0.772. The molecule has 0 fully saturated rings. The number of hydrogen-bond donors (Lipinski definition) is 1. The number of aromatic nitrogens is 4. The van der Waals surface area contributed by atoms with Crippen LogP contribution in [0, 0.1) is 58.1 Å². The van der Waals surface area contributed by atoms with Gasteiger partial charge in [-0.05, 0) is 112 Å². The van der Waals surface area contributed by atoms with E-state index in [9.17, 15) is 9.90 Å². The quantitative estimate of drug-likeness (QED) is 0.0705. The maximum Gasteiger partial charge on any atom is 0.187 e. The summed E-state index contributed by atoms with van der Waals surface area (Å²) in [6.07, 6.45) is 3.14. The zero-order chi connectivity index (χ0) is 63.4. The third-order valence-electron chi connectivity index (χ3n) is 16.1. The van der Waals surface area contributed by atoms with E-state index in [1.165, 1.54) is 44.3 Å². The third kappa shape index (κ3) is 14.5. The maximum absolute atomic E-state index is 11.5. The van der Waals surface area contributed by atoms with Gasteiger partial charge in [0.25, 0.3) is 0 Å². The minimum Gasteiger partial charge on any atom is -0.512 e. The molecule has 3 heterocycles. The van der Waals surface area contributed by atoms with Gasteiger partial charge in [-0.1, -0.05) is 242 Å². The molecular formula is C83H72IrN5O2-. The number of nitrogens with zero attached hydrogens (tertiary/aromatic N) is 5. The van der Waals surface area contributed by atoms with Crippen molar-refractivity contribution in [3.05, 3.63) is 282 Å². The second kappa shape index (κ2) is 27.0. The van der Waals surface area contributed by atoms with Gasteiger partial charge in [-0.15, -0.1) is 34.9 Å². The van der Waals surface area contributed by atoms with Crippen LogP contribution in [-0.2, 0) is 24.9 Å². The number of rotatable bonds is 8. The molecule has 91 heavy (non-hydrogen) atoms. The summed E-state index contributed by atoms with van der Waals surface area (Å²) in [6.45, 7) is 28.8. The minimum atomic E-state index is -0.417. The molecule has 7 nitrogen and oxygen atoms in total. The number of pyridine rings is 2. The zero-order valence-corrected chi connectivity index (χ0v) is 55.8. The first-order valence-electron chi connectivity index (χ1n) is 30.5. The molecule has 1 radical (unpaired) electrons. The first kappa shape index (κ1) is 64.0. The van der Waals surface area contributed by atoms with Gasteiger partial charge < -0.3 is 10.1 Å². The molecule has 0 atom stereocenters. The van der Waals surface area contributed by atoms with Crippen molar-refractivity contribution in [1.29, 1.82) is 0 Å². The van der Waals surface area contributed by atoms with Gasteiger partial charge in [0.2, 0.25) is 0 Å². The van der Waals surface area contributed by atoms with Gasteiger partial charge in [-0.25, -0.2) is 14.8 Å². The van der Waals surface area contributed by atoms with E-state index in [1.54, 1.807) is 0 Å². The van der Waals surface area contributed by atoms with Crippen molar-refractivity contribution in [3.63, 3.8) is 0 Å². The van der Waals surface area contributed by atoms with Crippen LogP contribution in [0.15, 0.2) is 236 Å². The summed E-state index contributed by atoms with van der Waals surface area (Å²) in [5.74, 6) is 0.104. The second-order valence-electron chi connectivity index (χ2n) is 25.4. The van der Waals surface area contributed by atoms with Crippen molar-refractivity contribution in [3.8, 4) is 78.5 Å². The van der Waals surface area contributed by atoms with Crippen molar-refractivity contribution >= 4 is 54.8 Å². The Morgan fingerprint density at radius 2 is 0.956 bits per heavy atom. The predicted molar refractivity (Wildman–Crippen MR) is 376 cm³/mol. The van der Waals surface area contributed by atoms with Crippen LogP contribution in [0.4, 0.5) is 5.69 Å². The van der Waals surface area contributed by atoms with Crippen LogP contribution in [0.3, 0.4) is 0 Å². The number of aryl methyl sites for hydroxylation is 5. The van der Waals surface area contributed by atoms with E-state index in [0.717, 1.165) is 111 Å². The molecule has 8 heteroatoms. The maximum atomic E-state index is 11.5. The topological polar surface area (TPSA) is 93.2 Å². The van der Waals surface area contributed by atoms with Crippen LogP contribution < -0.4 is 0 Å². The molecule has 0 saturated carbocycles. The predicted octanol–water partition coefficient (Wildman–Crippen LogP) is 22.2. The number of hydrogen-bond acceptors (Lipinski definition) is 6. The van der Waals surface area contributed by atoms with Crippen LogP contribution in [0.1, 0.15) is 69.4 Å². The molecule has 1 N–H and O–H groups in total. The molecule has 451 valence electrons. The second-order valence-corrected chi connectivity index (χ2v) is 25.4. The Hall–Kier alpha value is -10.0. The molecule has 0 spiro atoms. The first-order chi connectivity index (χ1) is 43.2. The Labute approximate surface area is 548 Å². The number of allylic oxidation sites excluding steroid dienone is 2. The number of benzene rings is 10. The summed E-state index contributed by atoms with van der Waals surface area (Å²) >= 11 is 0. The van der Waals surface area contributed by atoms with Crippen molar-refractivity contribution in [2.45, 2.75) is 76.2 Å². The van der Waals surface area contributed by atoms with Crippen molar-refractivity contribution < 1.29 is 30.0 Å². The first-order valence-corrected chi connectivity index (χ1v) is 30.5. The van der Waals surface area contributed by atoms with Crippen molar-refractivity contribution in [2.75, 3.05) is 0 Å². The van der Waals surface area contributed by atoms with Gasteiger partial charge in [0.05, 0.1) is 40.4 Å². The van der Waals surface area contributed by atoms with Crippen molar-refractivity contribution in [1.82, 2.24) is 19.9 Å². The molecule has 0 aliphatic carbocycles. The van der Waals surface area contributed by atoms with E-state index in [2.05, 4.69) is 232 Å². The van der Waals surface area contributed by atoms with E-state index >= 15 is 0 Å². The fraction of sp³-hybridized carbons (Fsp3) is 0.157. The summed E-state index contributed by atoms with van der Waals surface area (Å²) in [6, 6.07) is 80.2. The summed E-state index contributed by atoms with van der Waals surface area (Å²) < 4.78 is 0. The van der Waals surface area contributed by atoms with Crippen LogP contribution in [0.5, 0.6) is 0 Å². The largest absolute Gasteiger partial charge is 0.512 e. The van der Waals surface area contributed by atoms with Gasteiger partial charge in [0, 0.05) is 70.8 Å². The van der Waals surface area contributed by atoms with E-state index in [4.69, 9.17) is 26.5 Å². The molecule has 13 aromatic rings. The summed E-state index contributed by atoms with van der Waals surface area (Å²) in [7, 11) is 0. The number of aliphatic hydroxyl groups excluding tert-OH is 1. The fourth-order valence-corrected chi connectivity index (χ4v) is 11.2. The normalized spacial score (nSPS) is 11.5. The minimum absolute atomic E-state index is 0. The molecule has 3 aromatic heterocycles. The third-order valence-corrected chi connectivity index (χ3v) is 16.1. The SMILES string of the molecule is CC(C)(C)C(=O)C=C(O)C(C)(C)C.[C-]#[N+]c1ccc(C)c(-c2cnc(-c3[c-]c(C)cc(C)c3)c(-c3cc(C)cc(C)c3)n2)c1.[Ir].c1ccc(-c2cc(-c3ccc4ccccc4c3)nc3c2ccc2c(-c4ccccc4)cc(-c4ccc5ccccc5c4)nc23)cc1. The van der Waals surface area contributed by atoms with Gasteiger partial charge in [-0.3, -0.25) is 9.78 Å². The van der Waals surface area contributed by atoms with Crippen LogP contribution in [-0.4, -0.2) is 30.8 Å². The van der Waals surface area contributed by atoms with Crippen LogP contribution >= 0.6 is 0 Å². The smallest absolute Gasteiger partial charge is 0.187 e. The number of fused-ring (bicyclic) bond motifs is 5. The van der Waals surface area contributed by atoms with Crippen LogP contribution in [0.25, 0.3) is 127 Å². The summed E-state index contributed by atoms with van der Waals surface area (Å²) in [5, 5.41) is 16.6. The molecular weight excluding hydrogens is 1290 g/mol. The van der Waals surface area contributed by atoms with Crippen molar-refractivity contribution in [2.24, 2.45) is 10.8 Å². The van der Waals surface area contributed by atoms with Gasteiger partial charge in [-0.2, -0.15) is 0 Å². The Morgan fingerprint density at radius 1 is 0.462 bits per heavy atom. The molecule has 0 saturated heterocycles. The van der Waals surface area contributed by atoms with Gasteiger partial charge >= 0.3 is 0 Å². The summed E-state index contributed by atoms with van der Waals surface area (Å²) in [5.41, 5.74) is 21.3. The Morgan fingerprint density at radius 3 is 1.44 bits per heavy atom. The molecule has 10 aromatic carbocycles. The zero-order valence-electron chi connectivity index (χ0n) is 53.4. The number of carbonyl (C=O) groups is 1. The summed E-state index contributed by atoms with van der Waals surface area (Å²) in [4.78, 5) is 35.9. The standard InChI is InChI=1S/C44H28N2.C28H24N3.C11H20O2.Ir/c1-3-13-31(14-4-1)39-27-41(35-21-19-29-11-7-9-17-33(29)25-35)45-43-37(39)23-24-38-40(32-15-5-2-6-16-32)28-42(46-44(38)43)36-22-20-30-12-8-10-18-34(30)26-36;1-17-9-18(2)12-22(11-17)27-28(23-13-19(3)10-20(4)14-23)31-26(16-30-27)25-15-24(29-6)8-7-21(25)5;1-10(2,3)8(12)7-9(13)11(4,5)6;/h1-28H;7-11,13-16H,1-5H3;7,12H,1-6H3;/q;-1;;. The molecule has 0 unspecified atom stereocenters. The molecule has 0 aliphatic heterocycles. The number of carbonyl (C=O) groups excluding carboxylic acids is 1. The average molecular weight is 1360 g/mol. The molecule has 0 bridgehead atoms. The Bertz CT molecular complexity index is 4730. The van der Waals surface area contributed by atoms with Crippen LogP contribution in [0.2, 0.25) is 0 Å². The molecule has 0 aliphatic rings. The molecule has 13 rings (SSSR count). The van der Waals surface area contributed by atoms with E-state index < -0.39 is 5.41 Å². The number of ketones is 1. The van der Waals surface area contributed by atoms with E-state index in [-0.39, 0.29) is 37.1 Å². The number of aliphatic hydroxyl groups is 1. The monoisotopic (exact) mass is 1360 g/mol. The Balaban J connectivity index is 0.000000175. The molecule has 0 amide bonds. The fourth-order valence-electron chi connectivity index (χ4n) is 11.2. The van der Waals surface area contributed by atoms with E-state index in [1.807, 2.05) is 79.8 Å². The van der Waals surface area contributed by atoms with Gasteiger partial charge in [0.1, 0.15) is 5.76 Å². The van der Waals surface area contributed by atoms with Gasteiger partial charge in [0.15, 0.2) is 11.5 Å².